The molecule has 0 saturated carbocycles. The van der Waals surface area contributed by atoms with Gasteiger partial charge in [0.1, 0.15) is 6.10 Å². The standard InChI is InChI=1S/C14H30O4Si/c1-4-5-6-8-13(17-11-14-12-18-14)9-7-10-19(15-2)16-3/h13-14,19H,4-12H2,1-3H3. The normalized spacial score (nSPS) is 19.9. The molecule has 5 heteroatoms. The Morgan fingerprint density at radius 2 is 1.84 bits per heavy atom. The number of unbranched alkanes of at least 4 members (excludes halogenated alkanes) is 2. The molecule has 0 bridgehead atoms. The summed E-state index contributed by atoms with van der Waals surface area (Å²) in [5, 5.41) is 0. The summed E-state index contributed by atoms with van der Waals surface area (Å²) < 4.78 is 21.9. The van der Waals surface area contributed by atoms with Gasteiger partial charge >= 0.3 is 9.28 Å². The molecular formula is C14H30O4Si. The molecule has 0 aromatic rings. The van der Waals surface area contributed by atoms with E-state index in [1.807, 2.05) is 0 Å². The molecule has 2 unspecified atom stereocenters. The number of ether oxygens (including phenoxy) is 2. The van der Waals surface area contributed by atoms with E-state index in [0.29, 0.717) is 12.2 Å². The number of hydrogen-bond acceptors (Lipinski definition) is 4. The summed E-state index contributed by atoms with van der Waals surface area (Å²) in [5.41, 5.74) is 0. The van der Waals surface area contributed by atoms with Gasteiger partial charge in [-0.2, -0.15) is 0 Å². The van der Waals surface area contributed by atoms with Gasteiger partial charge in [-0.05, 0) is 25.3 Å². The van der Waals surface area contributed by atoms with Crippen LogP contribution in [0.25, 0.3) is 0 Å². The minimum absolute atomic E-state index is 0.369. The van der Waals surface area contributed by atoms with Crippen LogP contribution in [0, 0.1) is 0 Å². The zero-order valence-corrected chi connectivity index (χ0v) is 13.9. The van der Waals surface area contributed by atoms with Crippen LogP contribution in [0.2, 0.25) is 6.04 Å². The van der Waals surface area contributed by atoms with Gasteiger partial charge in [0, 0.05) is 14.2 Å². The Hall–Kier alpha value is 0.0569. The minimum Gasteiger partial charge on any atom is -0.400 e. The van der Waals surface area contributed by atoms with Gasteiger partial charge in [-0.15, -0.1) is 0 Å². The highest BCUT2D eigenvalue weighted by atomic mass is 28.3. The molecule has 0 N–H and O–H groups in total. The zero-order chi connectivity index (χ0) is 13.9. The average Bonchev–Trinajstić information content (AvgIpc) is 3.24. The molecule has 1 rings (SSSR count). The third-order valence-corrected chi connectivity index (χ3v) is 5.47. The van der Waals surface area contributed by atoms with Gasteiger partial charge < -0.3 is 18.3 Å². The van der Waals surface area contributed by atoms with Crippen LogP contribution in [0.5, 0.6) is 0 Å². The topological polar surface area (TPSA) is 40.2 Å². The fourth-order valence-corrected chi connectivity index (χ4v) is 3.42. The second kappa shape index (κ2) is 10.8. The van der Waals surface area contributed by atoms with Gasteiger partial charge in [0.05, 0.1) is 19.3 Å². The van der Waals surface area contributed by atoms with Crippen molar-refractivity contribution in [1.82, 2.24) is 0 Å². The van der Waals surface area contributed by atoms with E-state index in [1.54, 1.807) is 14.2 Å². The molecule has 19 heavy (non-hydrogen) atoms. The Morgan fingerprint density at radius 3 is 2.42 bits per heavy atom. The lowest BCUT2D eigenvalue weighted by Crippen LogP contribution is -2.21. The summed E-state index contributed by atoms with van der Waals surface area (Å²) in [7, 11) is 2.11. The minimum atomic E-state index is -1.39. The summed E-state index contributed by atoms with van der Waals surface area (Å²) in [6, 6.07) is 1.07. The maximum Gasteiger partial charge on any atom is 0.320 e. The van der Waals surface area contributed by atoms with E-state index in [9.17, 15) is 0 Å². The van der Waals surface area contributed by atoms with E-state index in [2.05, 4.69) is 6.92 Å². The molecule has 114 valence electrons. The smallest absolute Gasteiger partial charge is 0.320 e. The van der Waals surface area contributed by atoms with Crippen LogP contribution in [0.4, 0.5) is 0 Å². The third kappa shape index (κ3) is 8.76. The van der Waals surface area contributed by atoms with E-state index in [4.69, 9.17) is 18.3 Å². The first-order chi connectivity index (χ1) is 9.30. The number of epoxide rings is 1. The molecule has 0 radical (unpaired) electrons. The van der Waals surface area contributed by atoms with Crippen molar-refractivity contribution in [2.24, 2.45) is 0 Å². The first-order valence-electron chi connectivity index (χ1n) is 7.59. The molecule has 4 nitrogen and oxygen atoms in total. The fraction of sp³-hybridized carbons (Fsp3) is 1.00. The molecule has 0 amide bonds. The predicted molar refractivity (Wildman–Crippen MR) is 78.8 cm³/mol. The summed E-state index contributed by atoms with van der Waals surface area (Å²) in [6.45, 7) is 3.89. The fourth-order valence-electron chi connectivity index (χ4n) is 2.18. The van der Waals surface area contributed by atoms with Crippen LogP contribution in [0.1, 0.15) is 45.4 Å². The van der Waals surface area contributed by atoms with Crippen LogP contribution >= 0.6 is 0 Å². The van der Waals surface area contributed by atoms with Crippen LogP contribution in [-0.4, -0.2) is 48.9 Å². The van der Waals surface area contributed by atoms with Crippen molar-refractivity contribution in [3.05, 3.63) is 0 Å². The average molecular weight is 290 g/mol. The molecule has 1 fully saturated rings. The van der Waals surface area contributed by atoms with E-state index >= 15 is 0 Å². The van der Waals surface area contributed by atoms with Crippen molar-refractivity contribution >= 4 is 9.28 Å². The van der Waals surface area contributed by atoms with E-state index in [1.165, 1.54) is 25.7 Å². The SMILES string of the molecule is CCCCCC(CCC[SiH](OC)OC)OCC1CO1. The quantitative estimate of drug-likeness (QED) is 0.297. The Labute approximate surface area is 119 Å². The first-order valence-corrected chi connectivity index (χ1v) is 9.34. The lowest BCUT2D eigenvalue weighted by atomic mass is 10.1. The molecule has 2 atom stereocenters. The highest BCUT2D eigenvalue weighted by Crippen LogP contribution is 2.18. The van der Waals surface area contributed by atoms with E-state index in [-0.39, 0.29) is 0 Å². The van der Waals surface area contributed by atoms with E-state index in [0.717, 1.165) is 32.1 Å². The molecule has 0 spiro atoms. The maximum atomic E-state index is 5.97. The van der Waals surface area contributed by atoms with Crippen LogP contribution < -0.4 is 0 Å². The van der Waals surface area contributed by atoms with Gasteiger partial charge in [0.25, 0.3) is 0 Å². The van der Waals surface area contributed by atoms with Gasteiger partial charge in [-0.25, -0.2) is 0 Å². The van der Waals surface area contributed by atoms with E-state index < -0.39 is 9.28 Å². The van der Waals surface area contributed by atoms with Gasteiger partial charge in [0.2, 0.25) is 0 Å². The van der Waals surface area contributed by atoms with Crippen molar-refractivity contribution < 1.29 is 18.3 Å². The van der Waals surface area contributed by atoms with Crippen LogP contribution in [-0.2, 0) is 18.3 Å². The maximum absolute atomic E-state index is 5.97. The van der Waals surface area contributed by atoms with Crippen molar-refractivity contribution in [3.63, 3.8) is 0 Å². The first kappa shape index (κ1) is 17.1. The molecule has 1 saturated heterocycles. The molecular weight excluding hydrogens is 260 g/mol. The number of hydrogen-bond donors (Lipinski definition) is 0. The van der Waals surface area contributed by atoms with Gasteiger partial charge in [-0.1, -0.05) is 26.2 Å². The summed E-state index contributed by atoms with van der Waals surface area (Å²) in [6.07, 6.45) is 8.02. The monoisotopic (exact) mass is 290 g/mol. The third-order valence-electron chi connectivity index (χ3n) is 3.54. The Kier molecular flexibility index (Phi) is 9.72. The van der Waals surface area contributed by atoms with Gasteiger partial charge in [0.15, 0.2) is 0 Å². The molecule has 0 aromatic heterocycles. The summed E-state index contributed by atoms with van der Waals surface area (Å²) in [4.78, 5) is 0. The zero-order valence-electron chi connectivity index (χ0n) is 12.7. The molecule has 1 aliphatic rings. The van der Waals surface area contributed by atoms with Crippen LogP contribution in [0.3, 0.4) is 0 Å². The highest BCUT2D eigenvalue weighted by molar-refractivity contribution is 6.44. The lowest BCUT2D eigenvalue weighted by molar-refractivity contribution is 0.0298. The molecule has 0 aromatic carbocycles. The van der Waals surface area contributed by atoms with Crippen molar-refractivity contribution in [3.8, 4) is 0 Å². The van der Waals surface area contributed by atoms with Crippen LogP contribution in [0.15, 0.2) is 0 Å². The van der Waals surface area contributed by atoms with Gasteiger partial charge in [-0.3, -0.25) is 0 Å². The molecule has 1 aliphatic heterocycles. The largest absolute Gasteiger partial charge is 0.400 e. The highest BCUT2D eigenvalue weighted by Gasteiger charge is 2.24. The molecule has 0 aliphatic carbocycles. The van der Waals surface area contributed by atoms with Crippen molar-refractivity contribution in [2.75, 3.05) is 27.4 Å². The predicted octanol–water partition coefficient (Wildman–Crippen LogP) is 2.64. The Balaban J connectivity index is 2.14. The number of rotatable bonds is 13. The Bertz CT molecular complexity index is 208. The summed E-state index contributed by atoms with van der Waals surface area (Å²) >= 11 is 0. The lowest BCUT2D eigenvalue weighted by Gasteiger charge is -2.18. The second-order valence-corrected chi connectivity index (χ2v) is 7.62. The Morgan fingerprint density at radius 1 is 1.16 bits per heavy atom. The van der Waals surface area contributed by atoms with Crippen molar-refractivity contribution in [1.29, 1.82) is 0 Å². The molecule has 1 heterocycles. The van der Waals surface area contributed by atoms with Crippen molar-refractivity contribution in [2.45, 2.75) is 63.7 Å². The second-order valence-electron chi connectivity index (χ2n) is 5.24. The summed E-state index contributed by atoms with van der Waals surface area (Å²) in [5.74, 6) is 0.